The second-order valence-corrected chi connectivity index (χ2v) is 5.07. The van der Waals surface area contributed by atoms with Gasteiger partial charge in [-0.1, -0.05) is 35.9 Å². The number of benzene rings is 1. The first-order valence-corrected chi connectivity index (χ1v) is 6.94. The Balaban J connectivity index is 2.39. The molecule has 21 heavy (non-hydrogen) atoms. The van der Waals surface area contributed by atoms with Gasteiger partial charge in [0, 0.05) is 34.3 Å². The van der Waals surface area contributed by atoms with E-state index in [1.165, 1.54) is 0 Å². The zero-order chi connectivity index (χ0) is 14.8. The predicted molar refractivity (Wildman–Crippen MR) is 86.6 cm³/mol. The average molecular weight is 297 g/mol. The molecule has 0 unspecified atom stereocenters. The number of hydrogen-bond donors (Lipinski definition) is 0. The van der Waals surface area contributed by atoms with Gasteiger partial charge < -0.3 is 0 Å². The Morgan fingerprint density at radius 1 is 1.19 bits per heavy atom. The van der Waals surface area contributed by atoms with E-state index in [2.05, 4.69) is 11.6 Å². The minimum atomic E-state index is -0.116. The van der Waals surface area contributed by atoms with Crippen LogP contribution in [0.15, 0.2) is 66.1 Å². The van der Waals surface area contributed by atoms with Gasteiger partial charge in [0.25, 0.3) is 5.56 Å². The van der Waals surface area contributed by atoms with Crippen LogP contribution in [0.5, 0.6) is 0 Å². The number of allylic oxidation sites excluding steroid dienone is 1. The average Bonchev–Trinajstić information content (AvgIpc) is 2.51. The molecule has 0 saturated carbocycles. The van der Waals surface area contributed by atoms with Gasteiger partial charge in [0.15, 0.2) is 0 Å². The molecular formula is C17H13ClN2O. The van der Waals surface area contributed by atoms with Gasteiger partial charge in [-0.3, -0.25) is 9.36 Å². The molecule has 0 bridgehead atoms. The Morgan fingerprint density at radius 3 is 2.76 bits per heavy atom. The summed E-state index contributed by atoms with van der Waals surface area (Å²) in [5.41, 5.74) is 1.84. The van der Waals surface area contributed by atoms with Crippen LogP contribution >= 0.6 is 11.6 Å². The second-order valence-electron chi connectivity index (χ2n) is 4.66. The van der Waals surface area contributed by atoms with E-state index in [1.54, 1.807) is 22.9 Å². The normalized spacial score (nSPS) is 10.7. The van der Waals surface area contributed by atoms with Gasteiger partial charge in [0.05, 0.1) is 0 Å². The highest BCUT2D eigenvalue weighted by Gasteiger charge is 2.12. The van der Waals surface area contributed by atoms with Crippen LogP contribution in [0.1, 0.15) is 0 Å². The van der Waals surface area contributed by atoms with Gasteiger partial charge in [-0.05, 0) is 24.3 Å². The van der Waals surface area contributed by atoms with E-state index >= 15 is 0 Å². The quantitative estimate of drug-likeness (QED) is 0.687. The molecule has 3 rings (SSSR count). The molecule has 0 radical (unpaired) electrons. The topological polar surface area (TPSA) is 34.9 Å². The maximum atomic E-state index is 12.7. The molecule has 4 heteroatoms. The van der Waals surface area contributed by atoms with Crippen molar-refractivity contribution < 1.29 is 0 Å². The molecule has 0 aliphatic carbocycles. The molecule has 3 aromatic rings. The van der Waals surface area contributed by atoms with Gasteiger partial charge in [-0.15, -0.1) is 6.58 Å². The number of halogens is 1. The number of pyridine rings is 2. The summed E-state index contributed by atoms with van der Waals surface area (Å²) in [6, 6.07) is 13.0. The van der Waals surface area contributed by atoms with E-state index in [1.807, 2.05) is 36.4 Å². The zero-order valence-corrected chi connectivity index (χ0v) is 12.0. The number of hydrogen-bond acceptors (Lipinski definition) is 2. The highest BCUT2D eigenvalue weighted by Crippen LogP contribution is 2.26. The van der Waals surface area contributed by atoms with E-state index in [-0.39, 0.29) is 5.56 Å². The van der Waals surface area contributed by atoms with Gasteiger partial charge >= 0.3 is 0 Å². The molecular weight excluding hydrogens is 284 g/mol. The molecule has 0 fully saturated rings. The van der Waals surface area contributed by atoms with Crippen molar-refractivity contribution in [3.63, 3.8) is 0 Å². The first-order chi connectivity index (χ1) is 10.2. The lowest BCUT2D eigenvalue weighted by atomic mass is 10.1. The lowest BCUT2D eigenvalue weighted by molar-refractivity contribution is 0.807. The monoisotopic (exact) mass is 296 g/mol. The van der Waals surface area contributed by atoms with Crippen molar-refractivity contribution >= 4 is 22.6 Å². The van der Waals surface area contributed by atoms with Gasteiger partial charge in [-0.2, -0.15) is 0 Å². The predicted octanol–water partition coefficient (Wildman–Crippen LogP) is 3.90. The molecule has 2 aromatic heterocycles. The summed E-state index contributed by atoms with van der Waals surface area (Å²) in [7, 11) is 0. The second kappa shape index (κ2) is 5.54. The minimum absolute atomic E-state index is 0.116. The first-order valence-electron chi connectivity index (χ1n) is 6.56. The van der Waals surface area contributed by atoms with Crippen LogP contribution in [-0.2, 0) is 6.54 Å². The van der Waals surface area contributed by atoms with E-state index in [0.717, 1.165) is 10.9 Å². The fourth-order valence-electron chi connectivity index (χ4n) is 2.38. The highest BCUT2D eigenvalue weighted by molar-refractivity contribution is 6.33. The number of nitrogens with zero attached hydrogens (tertiary/aromatic N) is 2. The van der Waals surface area contributed by atoms with Crippen LogP contribution < -0.4 is 5.56 Å². The van der Waals surface area contributed by atoms with Crippen LogP contribution in [0.4, 0.5) is 0 Å². The van der Waals surface area contributed by atoms with Crippen molar-refractivity contribution in [2.45, 2.75) is 6.54 Å². The van der Waals surface area contributed by atoms with E-state index in [0.29, 0.717) is 22.8 Å². The maximum absolute atomic E-state index is 12.7. The molecule has 0 aliphatic rings. The molecule has 2 heterocycles. The van der Waals surface area contributed by atoms with Crippen molar-refractivity contribution in [1.82, 2.24) is 9.55 Å². The Hall–Kier alpha value is -2.39. The molecule has 0 amide bonds. The third kappa shape index (κ3) is 2.36. The largest absolute Gasteiger partial charge is 0.288 e. The molecule has 0 saturated heterocycles. The van der Waals surface area contributed by atoms with Crippen molar-refractivity contribution in [2.75, 3.05) is 0 Å². The third-order valence-electron chi connectivity index (χ3n) is 3.32. The smallest absolute Gasteiger partial charge is 0.260 e. The summed E-state index contributed by atoms with van der Waals surface area (Å²) in [5.74, 6) is 0. The van der Waals surface area contributed by atoms with Crippen LogP contribution in [0, 0.1) is 0 Å². The number of rotatable bonds is 3. The SMILES string of the molecule is C=CCn1c(=O)c(-c2ccccc2Cl)cc2cccnc21. The fraction of sp³-hybridized carbons (Fsp3) is 0.0588. The highest BCUT2D eigenvalue weighted by atomic mass is 35.5. The zero-order valence-electron chi connectivity index (χ0n) is 11.3. The van der Waals surface area contributed by atoms with Crippen LogP contribution in [0.3, 0.4) is 0 Å². The lowest BCUT2D eigenvalue weighted by Crippen LogP contribution is -2.22. The van der Waals surface area contributed by atoms with Crippen molar-refractivity contribution in [3.8, 4) is 11.1 Å². The summed E-state index contributed by atoms with van der Waals surface area (Å²) >= 11 is 6.23. The van der Waals surface area contributed by atoms with Crippen LogP contribution in [0.25, 0.3) is 22.2 Å². The lowest BCUT2D eigenvalue weighted by Gasteiger charge is -2.11. The Morgan fingerprint density at radius 2 is 2.00 bits per heavy atom. The third-order valence-corrected chi connectivity index (χ3v) is 3.65. The first kappa shape index (κ1) is 13.6. The molecule has 104 valence electrons. The molecule has 0 spiro atoms. The molecule has 0 N–H and O–H groups in total. The number of fused-ring (bicyclic) bond motifs is 1. The van der Waals surface area contributed by atoms with E-state index in [4.69, 9.17) is 11.6 Å². The van der Waals surface area contributed by atoms with Crippen molar-refractivity contribution in [1.29, 1.82) is 0 Å². The summed E-state index contributed by atoms with van der Waals surface area (Å²) < 4.78 is 1.61. The molecule has 0 atom stereocenters. The standard InChI is InChI=1S/C17H13ClN2O/c1-2-10-20-16-12(6-5-9-19-16)11-14(17(20)21)13-7-3-4-8-15(13)18/h2-9,11H,1,10H2. The van der Waals surface area contributed by atoms with Crippen molar-refractivity contribution in [3.05, 3.63) is 76.7 Å². The van der Waals surface area contributed by atoms with E-state index < -0.39 is 0 Å². The van der Waals surface area contributed by atoms with Gasteiger partial charge in [0.2, 0.25) is 0 Å². The summed E-state index contributed by atoms with van der Waals surface area (Å²) in [6.07, 6.45) is 3.36. The Kier molecular flexibility index (Phi) is 3.59. The van der Waals surface area contributed by atoms with E-state index in [9.17, 15) is 4.79 Å². The summed E-state index contributed by atoms with van der Waals surface area (Å²) in [4.78, 5) is 17.0. The molecule has 3 nitrogen and oxygen atoms in total. The molecule has 1 aromatic carbocycles. The maximum Gasteiger partial charge on any atom is 0.260 e. The van der Waals surface area contributed by atoms with Gasteiger partial charge in [-0.25, -0.2) is 4.98 Å². The minimum Gasteiger partial charge on any atom is -0.288 e. The molecule has 0 aliphatic heterocycles. The fourth-order valence-corrected chi connectivity index (χ4v) is 2.62. The Bertz CT molecular complexity index is 883. The summed E-state index contributed by atoms with van der Waals surface area (Å²) in [6.45, 7) is 4.12. The number of aromatic nitrogens is 2. The van der Waals surface area contributed by atoms with Gasteiger partial charge in [0.1, 0.15) is 5.65 Å². The van der Waals surface area contributed by atoms with Crippen LogP contribution in [0.2, 0.25) is 5.02 Å². The summed E-state index contributed by atoms with van der Waals surface area (Å²) in [5, 5.41) is 1.46. The Labute approximate surface area is 127 Å². The van der Waals surface area contributed by atoms with Crippen molar-refractivity contribution in [2.24, 2.45) is 0 Å². The van der Waals surface area contributed by atoms with Crippen LogP contribution in [-0.4, -0.2) is 9.55 Å².